The van der Waals surface area contributed by atoms with Crippen molar-refractivity contribution >= 4 is 11.6 Å². The van der Waals surface area contributed by atoms with E-state index in [-0.39, 0.29) is 11.9 Å². The van der Waals surface area contributed by atoms with Gasteiger partial charge in [-0.3, -0.25) is 4.79 Å². The molecule has 1 rings (SSSR count). The number of amides is 1. The zero-order chi connectivity index (χ0) is 15.7. The molecule has 1 aromatic carbocycles. The maximum atomic E-state index is 12.2. The van der Waals surface area contributed by atoms with Gasteiger partial charge in [-0.05, 0) is 44.5 Å². The van der Waals surface area contributed by atoms with Crippen molar-refractivity contribution < 1.29 is 9.53 Å². The predicted molar refractivity (Wildman–Crippen MR) is 86.5 cm³/mol. The highest BCUT2D eigenvalue weighted by atomic mass is 16.5. The molecule has 0 bridgehead atoms. The quantitative estimate of drug-likeness (QED) is 0.674. The molecule has 0 radical (unpaired) electrons. The lowest BCUT2D eigenvalue weighted by Crippen LogP contribution is -2.46. The van der Waals surface area contributed by atoms with Gasteiger partial charge in [0.15, 0.2) is 0 Å². The number of hydrogen-bond donors (Lipinski definition) is 2. The summed E-state index contributed by atoms with van der Waals surface area (Å²) >= 11 is 0. The minimum absolute atomic E-state index is 0.00516. The second kappa shape index (κ2) is 9.37. The monoisotopic (exact) mass is 293 g/mol. The standard InChI is InChI=1S/C16H27N3O2/c1-13-6-4-7-15(12-13)19(10-5-8-17)14(2)16(20)18-9-11-21-3/h4,6-7,12,14H,5,8-11,17H2,1-3H3,(H,18,20). The van der Waals surface area contributed by atoms with Crippen LogP contribution in [0, 0.1) is 6.92 Å². The van der Waals surface area contributed by atoms with Crippen LogP contribution >= 0.6 is 0 Å². The molecule has 1 unspecified atom stereocenters. The molecule has 0 aliphatic carbocycles. The van der Waals surface area contributed by atoms with E-state index < -0.39 is 0 Å². The molecular formula is C16H27N3O2. The van der Waals surface area contributed by atoms with Crippen molar-refractivity contribution in [1.82, 2.24) is 5.32 Å². The Morgan fingerprint density at radius 1 is 1.48 bits per heavy atom. The Morgan fingerprint density at radius 3 is 2.86 bits per heavy atom. The number of rotatable bonds is 9. The van der Waals surface area contributed by atoms with Crippen LogP contribution in [0.5, 0.6) is 0 Å². The molecule has 5 nitrogen and oxygen atoms in total. The van der Waals surface area contributed by atoms with Gasteiger partial charge in [0.05, 0.1) is 6.61 Å². The van der Waals surface area contributed by atoms with E-state index in [0.717, 1.165) is 18.7 Å². The molecule has 1 atom stereocenters. The van der Waals surface area contributed by atoms with Crippen molar-refractivity contribution in [2.45, 2.75) is 26.3 Å². The lowest BCUT2D eigenvalue weighted by Gasteiger charge is -2.30. The molecule has 3 N–H and O–H groups in total. The first-order chi connectivity index (χ1) is 10.1. The fraction of sp³-hybridized carbons (Fsp3) is 0.562. The second-order valence-corrected chi connectivity index (χ2v) is 5.13. The number of anilines is 1. The third kappa shape index (κ3) is 5.73. The summed E-state index contributed by atoms with van der Waals surface area (Å²) in [4.78, 5) is 14.3. The van der Waals surface area contributed by atoms with Crippen molar-refractivity contribution in [3.8, 4) is 0 Å². The third-order valence-corrected chi connectivity index (χ3v) is 3.39. The number of hydrogen-bond acceptors (Lipinski definition) is 4. The second-order valence-electron chi connectivity index (χ2n) is 5.13. The average Bonchev–Trinajstić information content (AvgIpc) is 2.47. The van der Waals surface area contributed by atoms with E-state index in [4.69, 9.17) is 10.5 Å². The fourth-order valence-electron chi connectivity index (χ4n) is 2.18. The number of methoxy groups -OCH3 is 1. The van der Waals surface area contributed by atoms with Crippen LogP contribution in [0.3, 0.4) is 0 Å². The first-order valence-electron chi connectivity index (χ1n) is 7.40. The molecule has 0 aliphatic rings. The normalized spacial score (nSPS) is 12.0. The van der Waals surface area contributed by atoms with Crippen molar-refractivity contribution in [1.29, 1.82) is 0 Å². The average molecular weight is 293 g/mol. The van der Waals surface area contributed by atoms with Gasteiger partial charge in [0.1, 0.15) is 6.04 Å². The van der Waals surface area contributed by atoms with Gasteiger partial charge in [-0.2, -0.15) is 0 Å². The van der Waals surface area contributed by atoms with Crippen LogP contribution in [0.1, 0.15) is 18.9 Å². The maximum Gasteiger partial charge on any atom is 0.242 e. The molecule has 0 aromatic heterocycles. The van der Waals surface area contributed by atoms with Gasteiger partial charge in [0.25, 0.3) is 0 Å². The van der Waals surface area contributed by atoms with Crippen LogP contribution in [0.2, 0.25) is 0 Å². The van der Waals surface area contributed by atoms with Crippen LogP contribution in [-0.2, 0) is 9.53 Å². The summed E-state index contributed by atoms with van der Waals surface area (Å²) in [7, 11) is 1.62. The summed E-state index contributed by atoms with van der Waals surface area (Å²) in [6.07, 6.45) is 0.851. The summed E-state index contributed by atoms with van der Waals surface area (Å²) in [5.41, 5.74) is 7.85. The third-order valence-electron chi connectivity index (χ3n) is 3.39. The SMILES string of the molecule is COCCNC(=O)C(C)N(CCCN)c1cccc(C)c1. The van der Waals surface area contributed by atoms with Crippen molar-refractivity contribution in [3.05, 3.63) is 29.8 Å². The van der Waals surface area contributed by atoms with E-state index >= 15 is 0 Å². The van der Waals surface area contributed by atoms with Gasteiger partial charge in [0, 0.05) is 25.9 Å². The fourth-order valence-corrected chi connectivity index (χ4v) is 2.18. The molecule has 21 heavy (non-hydrogen) atoms. The number of nitrogens with two attached hydrogens (primary N) is 1. The van der Waals surface area contributed by atoms with E-state index in [0.29, 0.717) is 19.7 Å². The van der Waals surface area contributed by atoms with Gasteiger partial charge in [-0.15, -0.1) is 0 Å². The van der Waals surface area contributed by atoms with Crippen molar-refractivity contribution in [2.75, 3.05) is 38.3 Å². The summed E-state index contributed by atoms with van der Waals surface area (Å²) in [5.74, 6) is 0.00516. The van der Waals surface area contributed by atoms with E-state index in [1.807, 2.05) is 32.0 Å². The van der Waals surface area contributed by atoms with Gasteiger partial charge in [-0.1, -0.05) is 12.1 Å². The number of ether oxygens (including phenoxy) is 1. The van der Waals surface area contributed by atoms with Crippen LogP contribution in [0.15, 0.2) is 24.3 Å². The van der Waals surface area contributed by atoms with E-state index in [9.17, 15) is 4.79 Å². The number of carbonyl (C=O) groups is 1. The largest absolute Gasteiger partial charge is 0.383 e. The smallest absolute Gasteiger partial charge is 0.242 e. The zero-order valence-corrected chi connectivity index (χ0v) is 13.3. The van der Waals surface area contributed by atoms with Crippen LogP contribution in [-0.4, -0.2) is 45.3 Å². The van der Waals surface area contributed by atoms with Crippen LogP contribution in [0.4, 0.5) is 5.69 Å². The molecule has 0 saturated carbocycles. The molecule has 0 saturated heterocycles. The Bertz CT molecular complexity index is 437. The Morgan fingerprint density at radius 2 is 2.24 bits per heavy atom. The lowest BCUT2D eigenvalue weighted by molar-refractivity contribution is -0.122. The van der Waals surface area contributed by atoms with E-state index in [1.54, 1.807) is 7.11 Å². The van der Waals surface area contributed by atoms with Crippen LogP contribution < -0.4 is 16.0 Å². The summed E-state index contributed by atoms with van der Waals surface area (Å²) in [5, 5.41) is 2.89. The summed E-state index contributed by atoms with van der Waals surface area (Å²) in [6.45, 7) is 6.39. The van der Waals surface area contributed by atoms with Gasteiger partial charge >= 0.3 is 0 Å². The summed E-state index contributed by atoms with van der Waals surface area (Å²) < 4.78 is 4.95. The molecule has 0 spiro atoms. The number of benzene rings is 1. The first-order valence-corrected chi connectivity index (χ1v) is 7.40. The summed E-state index contributed by atoms with van der Waals surface area (Å²) in [6, 6.07) is 7.94. The van der Waals surface area contributed by atoms with Crippen molar-refractivity contribution in [3.63, 3.8) is 0 Å². The molecule has 1 aromatic rings. The number of carbonyl (C=O) groups excluding carboxylic acids is 1. The predicted octanol–water partition coefficient (Wildman–Crippen LogP) is 1.30. The lowest BCUT2D eigenvalue weighted by atomic mass is 10.1. The Balaban J connectivity index is 2.78. The number of nitrogens with one attached hydrogen (secondary N) is 1. The maximum absolute atomic E-state index is 12.2. The highest BCUT2D eigenvalue weighted by Crippen LogP contribution is 2.19. The molecule has 1 amide bonds. The minimum Gasteiger partial charge on any atom is -0.383 e. The number of nitrogens with zero attached hydrogens (tertiary/aromatic N) is 1. The zero-order valence-electron chi connectivity index (χ0n) is 13.3. The van der Waals surface area contributed by atoms with Gasteiger partial charge < -0.3 is 20.7 Å². The minimum atomic E-state index is -0.241. The molecular weight excluding hydrogens is 266 g/mol. The van der Waals surface area contributed by atoms with E-state index in [1.165, 1.54) is 5.56 Å². The Hall–Kier alpha value is -1.59. The molecule has 0 fully saturated rings. The molecule has 5 heteroatoms. The first kappa shape index (κ1) is 17.5. The topological polar surface area (TPSA) is 67.6 Å². The highest BCUT2D eigenvalue weighted by Gasteiger charge is 2.21. The van der Waals surface area contributed by atoms with Gasteiger partial charge in [-0.25, -0.2) is 0 Å². The molecule has 118 valence electrons. The molecule has 0 heterocycles. The van der Waals surface area contributed by atoms with Gasteiger partial charge in [0.2, 0.25) is 5.91 Å². The molecule has 0 aliphatic heterocycles. The number of aryl methyl sites for hydroxylation is 1. The Labute approximate surface area is 127 Å². The van der Waals surface area contributed by atoms with Crippen LogP contribution in [0.25, 0.3) is 0 Å². The van der Waals surface area contributed by atoms with E-state index in [2.05, 4.69) is 16.3 Å². The highest BCUT2D eigenvalue weighted by molar-refractivity contribution is 5.84. The Kier molecular flexibility index (Phi) is 7.79. The van der Waals surface area contributed by atoms with Crippen molar-refractivity contribution in [2.24, 2.45) is 5.73 Å².